The van der Waals surface area contributed by atoms with Crippen LogP contribution in [-0.2, 0) is 21.9 Å². The Labute approximate surface area is 181 Å². The molecule has 0 aliphatic carbocycles. The van der Waals surface area contributed by atoms with Crippen molar-refractivity contribution in [2.24, 2.45) is 7.05 Å². The van der Waals surface area contributed by atoms with E-state index in [1.54, 1.807) is 33.0 Å². The van der Waals surface area contributed by atoms with Crippen LogP contribution in [0.1, 0.15) is 22.5 Å². The molecule has 0 bridgehead atoms. The Balaban J connectivity index is 2.04. The number of hydrogen-bond donors (Lipinski definition) is 1. The van der Waals surface area contributed by atoms with E-state index in [1.807, 2.05) is 19.9 Å². The summed E-state index contributed by atoms with van der Waals surface area (Å²) < 4.78 is 43.1. The third kappa shape index (κ3) is 4.77. The highest BCUT2D eigenvalue weighted by atomic mass is 32.2. The van der Waals surface area contributed by atoms with Gasteiger partial charge in [0.15, 0.2) is 0 Å². The smallest absolute Gasteiger partial charge is 0.268 e. The standard InChI is InChI=1S/C22H25FN4O3S/c1-14-10-15(2)12-20(11-14)27(13-21(28)24-19-8-6-18(23)7-9-19)31(29,30)22-16(3)25-26(5)17(22)4/h6-12H,13H2,1-5H3,(H,24,28). The molecular weight excluding hydrogens is 419 g/mol. The van der Waals surface area contributed by atoms with Crippen molar-refractivity contribution in [3.8, 4) is 0 Å². The van der Waals surface area contributed by atoms with Gasteiger partial charge in [0.2, 0.25) is 5.91 Å². The number of aryl methyl sites for hydroxylation is 4. The lowest BCUT2D eigenvalue weighted by Gasteiger charge is -2.25. The summed E-state index contributed by atoms with van der Waals surface area (Å²) in [4.78, 5) is 12.8. The third-order valence-electron chi connectivity index (χ3n) is 4.90. The molecule has 0 aliphatic heterocycles. The molecule has 0 unspecified atom stereocenters. The van der Waals surface area contributed by atoms with Crippen molar-refractivity contribution in [1.82, 2.24) is 9.78 Å². The van der Waals surface area contributed by atoms with E-state index in [0.29, 0.717) is 22.8 Å². The van der Waals surface area contributed by atoms with Crippen LogP contribution in [0.5, 0.6) is 0 Å². The predicted molar refractivity (Wildman–Crippen MR) is 118 cm³/mol. The monoisotopic (exact) mass is 444 g/mol. The molecule has 1 N–H and O–H groups in total. The van der Waals surface area contributed by atoms with Crippen molar-refractivity contribution in [2.45, 2.75) is 32.6 Å². The van der Waals surface area contributed by atoms with Crippen molar-refractivity contribution in [3.63, 3.8) is 0 Å². The number of nitrogens with zero attached hydrogens (tertiary/aromatic N) is 3. The zero-order chi connectivity index (χ0) is 22.9. The van der Waals surface area contributed by atoms with Crippen molar-refractivity contribution in [2.75, 3.05) is 16.2 Å². The number of benzene rings is 2. The Bertz CT molecular complexity index is 1210. The molecule has 0 saturated heterocycles. The topological polar surface area (TPSA) is 84.3 Å². The molecule has 0 radical (unpaired) electrons. The summed E-state index contributed by atoms with van der Waals surface area (Å²) in [5.41, 5.74) is 3.33. The Morgan fingerprint density at radius 3 is 2.16 bits per heavy atom. The zero-order valence-corrected chi connectivity index (χ0v) is 18.9. The van der Waals surface area contributed by atoms with E-state index in [1.165, 1.54) is 28.9 Å². The first-order chi connectivity index (χ1) is 14.5. The number of nitrogens with one attached hydrogen (secondary N) is 1. The number of halogens is 1. The van der Waals surface area contributed by atoms with Gasteiger partial charge in [-0.3, -0.25) is 13.8 Å². The van der Waals surface area contributed by atoms with Gasteiger partial charge in [-0.2, -0.15) is 5.10 Å². The second-order valence-electron chi connectivity index (χ2n) is 7.54. The predicted octanol–water partition coefficient (Wildman–Crippen LogP) is 3.63. The lowest BCUT2D eigenvalue weighted by atomic mass is 10.1. The average molecular weight is 445 g/mol. The molecule has 0 fully saturated rings. The lowest BCUT2D eigenvalue weighted by molar-refractivity contribution is -0.114. The molecule has 0 spiro atoms. The van der Waals surface area contributed by atoms with Crippen molar-refractivity contribution < 1.29 is 17.6 Å². The first kappa shape index (κ1) is 22.5. The average Bonchev–Trinajstić information content (AvgIpc) is 2.93. The first-order valence-electron chi connectivity index (χ1n) is 9.65. The summed E-state index contributed by atoms with van der Waals surface area (Å²) in [5, 5.41) is 6.84. The number of carbonyl (C=O) groups excluding carboxylic acids is 1. The first-order valence-corrected chi connectivity index (χ1v) is 11.1. The summed E-state index contributed by atoms with van der Waals surface area (Å²) in [6.07, 6.45) is 0. The maximum Gasteiger partial charge on any atom is 0.268 e. The van der Waals surface area contributed by atoms with Crippen molar-refractivity contribution in [3.05, 3.63) is 70.8 Å². The molecule has 1 amide bonds. The molecule has 0 aliphatic rings. The highest BCUT2D eigenvalue weighted by Gasteiger charge is 2.32. The van der Waals surface area contributed by atoms with Crippen LogP contribution >= 0.6 is 0 Å². The molecule has 1 heterocycles. The van der Waals surface area contributed by atoms with Crippen LogP contribution in [0, 0.1) is 33.5 Å². The number of carbonyl (C=O) groups is 1. The van der Waals surface area contributed by atoms with Gasteiger partial charge in [-0.15, -0.1) is 0 Å². The van der Waals surface area contributed by atoms with Crippen LogP contribution < -0.4 is 9.62 Å². The summed E-state index contributed by atoms with van der Waals surface area (Å²) in [6.45, 7) is 6.57. The number of anilines is 2. The fourth-order valence-electron chi connectivity index (χ4n) is 3.51. The zero-order valence-electron chi connectivity index (χ0n) is 18.1. The number of rotatable bonds is 6. The number of amides is 1. The van der Waals surface area contributed by atoms with Crippen LogP contribution in [-0.4, -0.2) is 30.7 Å². The maximum atomic E-state index is 13.7. The Hall–Kier alpha value is -3.20. The summed E-state index contributed by atoms with van der Waals surface area (Å²) in [7, 11) is -2.42. The number of sulfonamides is 1. The Kier molecular flexibility index (Phi) is 6.17. The van der Waals surface area contributed by atoms with Crippen LogP contribution in [0.3, 0.4) is 0 Å². The van der Waals surface area contributed by atoms with Crippen molar-refractivity contribution in [1.29, 1.82) is 0 Å². The van der Waals surface area contributed by atoms with E-state index in [-0.39, 0.29) is 4.90 Å². The molecule has 7 nitrogen and oxygen atoms in total. The number of hydrogen-bond acceptors (Lipinski definition) is 4. The fraction of sp³-hybridized carbons (Fsp3) is 0.273. The fourth-order valence-corrected chi connectivity index (χ4v) is 5.32. The highest BCUT2D eigenvalue weighted by molar-refractivity contribution is 7.93. The normalized spacial score (nSPS) is 11.4. The van der Waals surface area contributed by atoms with Crippen LogP contribution in [0.15, 0.2) is 47.4 Å². The van der Waals surface area contributed by atoms with Crippen molar-refractivity contribution >= 4 is 27.3 Å². The second-order valence-corrected chi connectivity index (χ2v) is 9.34. The molecule has 0 saturated carbocycles. The minimum absolute atomic E-state index is 0.0729. The molecular formula is C22H25FN4O3S. The second kappa shape index (κ2) is 8.50. The van der Waals surface area contributed by atoms with E-state index in [9.17, 15) is 17.6 Å². The van der Waals surface area contributed by atoms with Gasteiger partial charge in [0.05, 0.1) is 17.1 Å². The third-order valence-corrected chi connectivity index (χ3v) is 6.93. The summed E-state index contributed by atoms with van der Waals surface area (Å²) in [5.74, 6) is -0.978. The molecule has 164 valence electrons. The molecule has 3 aromatic rings. The van der Waals surface area contributed by atoms with Crippen LogP contribution in [0.2, 0.25) is 0 Å². The quantitative estimate of drug-likeness (QED) is 0.629. The van der Waals surface area contributed by atoms with E-state index in [2.05, 4.69) is 10.4 Å². The van der Waals surface area contributed by atoms with Gasteiger partial charge in [-0.25, -0.2) is 12.8 Å². The van der Waals surface area contributed by atoms with Gasteiger partial charge in [0.1, 0.15) is 17.3 Å². The minimum atomic E-state index is -4.09. The van der Waals surface area contributed by atoms with E-state index in [0.717, 1.165) is 15.4 Å². The van der Waals surface area contributed by atoms with Gasteiger partial charge in [-0.1, -0.05) is 6.07 Å². The molecule has 31 heavy (non-hydrogen) atoms. The van der Waals surface area contributed by atoms with Gasteiger partial charge >= 0.3 is 0 Å². The van der Waals surface area contributed by atoms with E-state index < -0.39 is 28.3 Å². The number of aromatic nitrogens is 2. The van der Waals surface area contributed by atoms with Crippen LogP contribution in [0.25, 0.3) is 0 Å². The Morgan fingerprint density at radius 2 is 1.65 bits per heavy atom. The van der Waals surface area contributed by atoms with Crippen LogP contribution in [0.4, 0.5) is 15.8 Å². The van der Waals surface area contributed by atoms with Gasteiger partial charge < -0.3 is 5.32 Å². The molecule has 9 heteroatoms. The van der Waals surface area contributed by atoms with Gasteiger partial charge in [-0.05, 0) is 75.2 Å². The molecule has 1 aromatic heterocycles. The highest BCUT2D eigenvalue weighted by Crippen LogP contribution is 2.29. The summed E-state index contributed by atoms with van der Waals surface area (Å²) in [6, 6.07) is 10.6. The van der Waals surface area contributed by atoms with E-state index in [4.69, 9.17) is 0 Å². The van der Waals surface area contributed by atoms with Gasteiger partial charge in [0.25, 0.3) is 10.0 Å². The lowest BCUT2D eigenvalue weighted by Crippen LogP contribution is -2.38. The maximum absolute atomic E-state index is 13.7. The molecule has 0 atom stereocenters. The minimum Gasteiger partial charge on any atom is -0.325 e. The largest absolute Gasteiger partial charge is 0.325 e. The SMILES string of the molecule is Cc1cc(C)cc(N(CC(=O)Nc2ccc(F)cc2)S(=O)(=O)c2c(C)nn(C)c2C)c1. The summed E-state index contributed by atoms with van der Waals surface area (Å²) >= 11 is 0. The Morgan fingerprint density at radius 1 is 1.06 bits per heavy atom. The van der Waals surface area contributed by atoms with E-state index >= 15 is 0 Å². The molecule has 2 aromatic carbocycles. The molecule has 3 rings (SSSR count). The van der Waals surface area contributed by atoms with Gasteiger partial charge in [0, 0.05) is 12.7 Å².